The molecule has 0 atom stereocenters. The Hall–Kier alpha value is -2.98. The Morgan fingerprint density at radius 1 is 1.00 bits per heavy atom. The summed E-state index contributed by atoms with van der Waals surface area (Å²) in [5.41, 5.74) is -5.25. The molecule has 1 aromatic carbocycles. The van der Waals surface area contributed by atoms with Crippen LogP contribution in [0.25, 0.3) is 0 Å². The number of nitrogens with one attached hydrogen (secondary N) is 2. The van der Waals surface area contributed by atoms with Crippen LogP contribution in [0, 0.1) is 0 Å². The van der Waals surface area contributed by atoms with Gasteiger partial charge in [0, 0.05) is 6.20 Å². The number of carbonyl (C=O) groups excluding carboxylic acids is 1. The minimum Gasteiger partial charge on any atom is -0.493 e. The summed E-state index contributed by atoms with van der Waals surface area (Å²) in [4.78, 5) is 15.8. The molecule has 0 radical (unpaired) electrons. The molecule has 1 amide bonds. The molecule has 2 aromatic rings. The molecule has 0 saturated carbocycles. The Morgan fingerprint density at radius 3 is 2.14 bits per heavy atom. The molecule has 0 aliphatic heterocycles. The van der Waals surface area contributed by atoms with Crippen molar-refractivity contribution in [2.24, 2.45) is 0 Å². The number of pyridine rings is 1. The molecule has 0 aliphatic rings. The summed E-state index contributed by atoms with van der Waals surface area (Å²) in [6, 6.07) is 8.43. The predicted molar refractivity (Wildman–Crippen MR) is 87.8 cm³/mol. The van der Waals surface area contributed by atoms with E-state index in [0.717, 1.165) is 23.6 Å². The second kappa shape index (κ2) is 7.95. The fourth-order valence-corrected chi connectivity index (χ4v) is 2.28. The minimum absolute atomic E-state index is 0.0557. The summed E-state index contributed by atoms with van der Waals surface area (Å²) >= 11 is 0. The highest BCUT2D eigenvalue weighted by Gasteiger charge is 2.73. The van der Waals surface area contributed by atoms with Gasteiger partial charge in [-0.3, -0.25) is 4.79 Å². The van der Waals surface area contributed by atoms with E-state index in [1.54, 1.807) is 6.92 Å². The zero-order valence-corrected chi connectivity index (χ0v) is 14.4. The first-order chi connectivity index (χ1) is 13.0. The van der Waals surface area contributed by atoms with Gasteiger partial charge in [0.05, 0.1) is 12.2 Å². The smallest absolute Gasteiger partial charge is 0.439 e. The van der Waals surface area contributed by atoms with Crippen molar-refractivity contribution in [3.8, 4) is 5.75 Å². The number of para-hydroxylation sites is 1. The van der Waals surface area contributed by atoms with Crippen LogP contribution in [0.15, 0.2) is 48.7 Å². The summed E-state index contributed by atoms with van der Waals surface area (Å²) in [7, 11) is 0. The van der Waals surface area contributed by atoms with E-state index in [-0.39, 0.29) is 12.4 Å². The van der Waals surface area contributed by atoms with Gasteiger partial charge in [-0.1, -0.05) is 18.2 Å². The van der Waals surface area contributed by atoms with Gasteiger partial charge in [0.2, 0.25) is 0 Å². The molecule has 11 heteroatoms. The third kappa shape index (κ3) is 4.29. The van der Waals surface area contributed by atoms with Crippen LogP contribution >= 0.6 is 0 Å². The predicted octanol–water partition coefficient (Wildman–Crippen LogP) is 4.14. The van der Waals surface area contributed by atoms with Gasteiger partial charge in [-0.2, -0.15) is 26.3 Å². The Kier molecular flexibility index (Phi) is 6.05. The highest BCUT2D eigenvalue weighted by atomic mass is 19.4. The first kappa shape index (κ1) is 21.3. The Labute approximate surface area is 155 Å². The SMILES string of the molecule is CCOc1ccccc1C(=O)NC(Nc1ccccn1)(C(F)(F)F)C(F)(F)F. The van der Waals surface area contributed by atoms with Gasteiger partial charge < -0.3 is 15.4 Å². The molecule has 0 fully saturated rings. The van der Waals surface area contributed by atoms with E-state index < -0.39 is 35.3 Å². The van der Waals surface area contributed by atoms with Crippen molar-refractivity contribution >= 4 is 11.7 Å². The lowest BCUT2D eigenvalue weighted by atomic mass is 10.1. The van der Waals surface area contributed by atoms with Gasteiger partial charge in [-0.15, -0.1) is 0 Å². The number of hydrogen-bond donors (Lipinski definition) is 2. The van der Waals surface area contributed by atoms with E-state index >= 15 is 0 Å². The molecule has 28 heavy (non-hydrogen) atoms. The number of alkyl halides is 6. The summed E-state index contributed by atoms with van der Waals surface area (Å²) in [5, 5.41) is 2.34. The molecule has 2 rings (SSSR count). The average Bonchev–Trinajstić information content (AvgIpc) is 2.60. The number of carbonyl (C=O) groups is 1. The molecule has 5 nitrogen and oxygen atoms in total. The zero-order valence-electron chi connectivity index (χ0n) is 14.4. The van der Waals surface area contributed by atoms with Crippen molar-refractivity contribution < 1.29 is 35.9 Å². The number of aromatic nitrogens is 1. The Bertz CT molecular complexity index is 795. The van der Waals surface area contributed by atoms with E-state index in [0.29, 0.717) is 0 Å². The van der Waals surface area contributed by atoms with Crippen molar-refractivity contribution in [1.29, 1.82) is 0 Å². The van der Waals surface area contributed by atoms with Crippen LogP contribution in [0.2, 0.25) is 0 Å². The zero-order chi connectivity index (χ0) is 21.0. The van der Waals surface area contributed by atoms with Crippen molar-refractivity contribution in [2.45, 2.75) is 24.9 Å². The molecule has 2 N–H and O–H groups in total. The maximum Gasteiger partial charge on any atom is 0.439 e. The van der Waals surface area contributed by atoms with E-state index in [4.69, 9.17) is 4.74 Å². The monoisotopic (exact) mass is 407 g/mol. The molecule has 1 heterocycles. The molecular weight excluding hydrogens is 392 g/mol. The van der Waals surface area contributed by atoms with E-state index in [9.17, 15) is 31.1 Å². The van der Waals surface area contributed by atoms with Crippen molar-refractivity contribution in [3.63, 3.8) is 0 Å². The molecule has 0 bridgehead atoms. The minimum atomic E-state index is -5.95. The number of benzene rings is 1. The molecule has 152 valence electrons. The maximum absolute atomic E-state index is 13.6. The maximum atomic E-state index is 13.6. The second-order valence-electron chi connectivity index (χ2n) is 5.47. The Morgan fingerprint density at radius 2 is 1.61 bits per heavy atom. The molecule has 0 spiro atoms. The number of ether oxygens (including phenoxy) is 1. The Balaban J connectivity index is 2.52. The lowest BCUT2D eigenvalue weighted by Crippen LogP contribution is -2.72. The second-order valence-corrected chi connectivity index (χ2v) is 5.47. The number of anilines is 1. The van der Waals surface area contributed by atoms with Gasteiger partial charge in [-0.25, -0.2) is 4.98 Å². The van der Waals surface area contributed by atoms with Crippen molar-refractivity contribution in [1.82, 2.24) is 10.3 Å². The van der Waals surface area contributed by atoms with Gasteiger partial charge >= 0.3 is 18.0 Å². The number of rotatable bonds is 6. The van der Waals surface area contributed by atoms with Crippen LogP contribution in [0.1, 0.15) is 17.3 Å². The third-order valence-corrected chi connectivity index (χ3v) is 3.56. The van der Waals surface area contributed by atoms with Crippen LogP contribution in [0.5, 0.6) is 5.75 Å². The average molecular weight is 407 g/mol. The molecule has 0 unspecified atom stereocenters. The van der Waals surface area contributed by atoms with Crippen molar-refractivity contribution in [2.75, 3.05) is 11.9 Å². The highest BCUT2D eigenvalue weighted by molar-refractivity contribution is 5.97. The molecule has 0 saturated heterocycles. The van der Waals surface area contributed by atoms with Gasteiger partial charge in [0.25, 0.3) is 5.91 Å². The molecular formula is C17H15F6N3O2. The first-order valence-corrected chi connectivity index (χ1v) is 7.89. The number of halogens is 6. The normalized spacial score (nSPS) is 12.4. The fourth-order valence-electron chi connectivity index (χ4n) is 2.28. The van der Waals surface area contributed by atoms with Gasteiger partial charge in [0.15, 0.2) is 0 Å². The lowest BCUT2D eigenvalue weighted by Gasteiger charge is -2.38. The first-order valence-electron chi connectivity index (χ1n) is 7.89. The molecule has 1 aromatic heterocycles. The van der Waals surface area contributed by atoms with Crippen molar-refractivity contribution in [3.05, 3.63) is 54.2 Å². The topological polar surface area (TPSA) is 63.2 Å². The van der Waals surface area contributed by atoms with Crippen LogP contribution in [-0.2, 0) is 0 Å². The van der Waals surface area contributed by atoms with Crippen LogP contribution in [-0.4, -0.2) is 35.5 Å². The number of nitrogens with zero attached hydrogens (tertiary/aromatic N) is 1. The van der Waals surface area contributed by atoms with Gasteiger partial charge in [-0.05, 0) is 31.2 Å². The summed E-state index contributed by atoms with van der Waals surface area (Å²) < 4.78 is 86.9. The van der Waals surface area contributed by atoms with E-state index in [1.165, 1.54) is 35.6 Å². The standard InChI is InChI=1S/C17H15F6N3O2/c1-2-28-12-8-4-3-7-11(12)14(27)26-15(16(18,19)20,17(21,22)23)25-13-9-5-6-10-24-13/h3-10H,2H2,1H3,(H,24,25)(H,26,27). The van der Waals surface area contributed by atoms with E-state index in [1.807, 2.05) is 0 Å². The van der Waals surface area contributed by atoms with Crippen LogP contribution in [0.3, 0.4) is 0 Å². The summed E-state index contributed by atoms with van der Waals surface area (Å²) in [6.45, 7) is 1.60. The highest BCUT2D eigenvalue weighted by Crippen LogP contribution is 2.43. The van der Waals surface area contributed by atoms with Crippen LogP contribution in [0.4, 0.5) is 32.2 Å². The third-order valence-electron chi connectivity index (χ3n) is 3.56. The van der Waals surface area contributed by atoms with E-state index in [2.05, 4.69) is 4.98 Å². The fraction of sp³-hybridized carbons (Fsp3) is 0.294. The number of amides is 1. The summed E-state index contributed by atoms with van der Waals surface area (Å²) in [5.74, 6) is -2.50. The summed E-state index contributed by atoms with van der Waals surface area (Å²) in [6.07, 6.45) is -10.9. The van der Waals surface area contributed by atoms with Crippen LogP contribution < -0.4 is 15.4 Å². The largest absolute Gasteiger partial charge is 0.493 e. The molecule has 0 aliphatic carbocycles. The van der Waals surface area contributed by atoms with Gasteiger partial charge in [0.1, 0.15) is 11.6 Å². The quantitative estimate of drug-likeness (QED) is 0.558. The lowest BCUT2D eigenvalue weighted by molar-refractivity contribution is -0.294. The number of hydrogen-bond acceptors (Lipinski definition) is 4.